The van der Waals surface area contributed by atoms with Crippen molar-refractivity contribution in [2.45, 2.75) is 76.2 Å². The first-order valence-electron chi connectivity index (χ1n) is 16.9. The minimum absolute atomic E-state index is 0.00466. The number of piperidine rings is 2. The molecule has 240 valence electrons. The zero-order chi connectivity index (χ0) is 31.4. The van der Waals surface area contributed by atoms with E-state index < -0.39 is 5.54 Å². The van der Waals surface area contributed by atoms with Crippen molar-refractivity contribution in [2.75, 3.05) is 50.9 Å². The molecule has 0 bridgehead atoms. The highest BCUT2D eigenvalue weighted by Crippen LogP contribution is 2.40. The molecule has 4 aliphatic rings. The lowest BCUT2D eigenvalue weighted by molar-refractivity contribution is -0.152. The molecule has 3 amide bonds. The van der Waals surface area contributed by atoms with Gasteiger partial charge in [0.2, 0.25) is 5.91 Å². The summed E-state index contributed by atoms with van der Waals surface area (Å²) < 4.78 is 5.21. The fourth-order valence-corrected chi connectivity index (χ4v) is 7.84. The molecule has 1 unspecified atom stereocenters. The third-order valence-electron chi connectivity index (χ3n) is 10.4. The molecule has 1 spiro atoms. The molecule has 0 radical (unpaired) electrons. The topological polar surface area (TPSA) is 90.5 Å². The summed E-state index contributed by atoms with van der Waals surface area (Å²) in [6, 6.07) is 18.0. The average molecular weight is 615 g/mol. The Bertz CT molecular complexity index is 1370. The Morgan fingerprint density at radius 3 is 2.24 bits per heavy atom. The van der Waals surface area contributed by atoms with Gasteiger partial charge in [-0.1, -0.05) is 49.6 Å². The monoisotopic (exact) mass is 614 g/mol. The van der Waals surface area contributed by atoms with Gasteiger partial charge in [-0.2, -0.15) is 0 Å². The van der Waals surface area contributed by atoms with E-state index in [0.717, 1.165) is 12.1 Å². The van der Waals surface area contributed by atoms with Crippen molar-refractivity contribution in [3.8, 4) is 0 Å². The van der Waals surface area contributed by atoms with Crippen LogP contribution in [0.2, 0.25) is 0 Å². The van der Waals surface area contributed by atoms with Gasteiger partial charge >= 0.3 is 5.97 Å². The Balaban J connectivity index is 1.13. The van der Waals surface area contributed by atoms with Crippen molar-refractivity contribution >= 4 is 29.4 Å². The van der Waals surface area contributed by atoms with E-state index >= 15 is 0 Å². The third-order valence-corrected chi connectivity index (χ3v) is 10.4. The second-order valence-electron chi connectivity index (χ2n) is 13.1. The van der Waals surface area contributed by atoms with E-state index in [2.05, 4.69) is 17.0 Å². The van der Waals surface area contributed by atoms with Crippen LogP contribution in [-0.4, -0.2) is 89.9 Å². The SMILES string of the molecule is CCOC(=O)C1CCCN(C(=O)CN2CN(c3ccccc3)C3(CCN(C(=O)c4ccc(C5CCCCC5)cc4)CC3)C2=O)C1. The van der Waals surface area contributed by atoms with Gasteiger partial charge in [0.1, 0.15) is 12.1 Å². The highest BCUT2D eigenvalue weighted by molar-refractivity contribution is 5.98. The van der Waals surface area contributed by atoms with Crippen LogP contribution in [-0.2, 0) is 19.1 Å². The number of hydrogen-bond donors (Lipinski definition) is 0. The van der Waals surface area contributed by atoms with Gasteiger partial charge in [-0.3, -0.25) is 19.2 Å². The van der Waals surface area contributed by atoms with Crippen molar-refractivity contribution in [1.82, 2.24) is 14.7 Å². The maximum atomic E-state index is 14.2. The molecule has 9 heteroatoms. The van der Waals surface area contributed by atoms with Crippen molar-refractivity contribution < 1.29 is 23.9 Å². The van der Waals surface area contributed by atoms with Gasteiger partial charge in [0, 0.05) is 37.4 Å². The number of carbonyl (C=O) groups is 4. The molecular formula is C36H46N4O5. The van der Waals surface area contributed by atoms with Crippen LogP contribution in [0.1, 0.15) is 86.6 Å². The smallest absolute Gasteiger partial charge is 0.310 e. The minimum atomic E-state index is -0.821. The lowest BCUT2D eigenvalue weighted by Crippen LogP contribution is -2.57. The number of ether oxygens (including phenoxy) is 1. The Kier molecular flexibility index (Phi) is 9.42. The third kappa shape index (κ3) is 6.44. The second kappa shape index (κ2) is 13.6. The Hall–Kier alpha value is -3.88. The van der Waals surface area contributed by atoms with Crippen LogP contribution < -0.4 is 4.90 Å². The molecule has 3 saturated heterocycles. The zero-order valence-electron chi connectivity index (χ0n) is 26.5. The zero-order valence-corrected chi connectivity index (χ0v) is 26.5. The van der Waals surface area contributed by atoms with Crippen LogP contribution in [0.5, 0.6) is 0 Å². The number of hydrogen-bond acceptors (Lipinski definition) is 6. The minimum Gasteiger partial charge on any atom is -0.466 e. The lowest BCUT2D eigenvalue weighted by Gasteiger charge is -2.43. The lowest BCUT2D eigenvalue weighted by atomic mass is 9.83. The van der Waals surface area contributed by atoms with Gasteiger partial charge in [-0.05, 0) is 81.2 Å². The first-order chi connectivity index (χ1) is 21.9. The molecule has 1 aliphatic carbocycles. The molecule has 3 heterocycles. The Labute approximate surface area is 266 Å². The molecule has 4 fully saturated rings. The van der Waals surface area contributed by atoms with Gasteiger partial charge < -0.3 is 24.3 Å². The van der Waals surface area contributed by atoms with Gasteiger partial charge in [-0.15, -0.1) is 0 Å². The molecule has 2 aromatic rings. The molecule has 2 aromatic carbocycles. The van der Waals surface area contributed by atoms with E-state index in [0.29, 0.717) is 70.2 Å². The number of anilines is 1. The summed E-state index contributed by atoms with van der Waals surface area (Å²) in [5, 5.41) is 0. The summed E-state index contributed by atoms with van der Waals surface area (Å²) in [6.45, 7) is 4.20. The standard InChI is InChI=1S/C36H46N4O5/c1-2-45-34(43)30-12-9-21-38(24-30)32(41)25-39-26-40(31-13-7-4-8-14-31)36(35(39)44)19-22-37(23-20-36)33(42)29-17-15-28(16-18-29)27-10-5-3-6-11-27/h4,7-8,13-18,27,30H,2-3,5-6,9-12,19-26H2,1H3. The Morgan fingerprint density at radius 2 is 1.56 bits per heavy atom. The molecule has 0 aromatic heterocycles. The van der Waals surface area contributed by atoms with Crippen LogP contribution in [0.3, 0.4) is 0 Å². The van der Waals surface area contributed by atoms with Crippen LogP contribution >= 0.6 is 0 Å². The first kappa shape index (κ1) is 31.1. The number of para-hydroxylation sites is 1. The number of esters is 1. The summed E-state index contributed by atoms with van der Waals surface area (Å²) in [6.07, 6.45) is 8.74. The Morgan fingerprint density at radius 1 is 0.844 bits per heavy atom. The van der Waals surface area contributed by atoms with Crippen molar-refractivity contribution in [3.05, 3.63) is 65.7 Å². The summed E-state index contributed by atoms with van der Waals surface area (Å²) in [5.41, 5.74) is 2.13. The molecule has 6 rings (SSSR count). The van der Waals surface area contributed by atoms with Crippen molar-refractivity contribution in [2.24, 2.45) is 5.92 Å². The van der Waals surface area contributed by atoms with Crippen LogP contribution in [0.15, 0.2) is 54.6 Å². The highest BCUT2D eigenvalue weighted by Gasteiger charge is 2.54. The summed E-state index contributed by atoms with van der Waals surface area (Å²) in [4.78, 5) is 61.0. The molecular weight excluding hydrogens is 568 g/mol. The van der Waals surface area contributed by atoms with Crippen LogP contribution in [0.25, 0.3) is 0 Å². The van der Waals surface area contributed by atoms with E-state index in [4.69, 9.17) is 4.74 Å². The number of amides is 3. The predicted molar refractivity (Wildman–Crippen MR) is 172 cm³/mol. The summed E-state index contributed by atoms with van der Waals surface area (Å²) in [7, 11) is 0. The van der Waals surface area contributed by atoms with Crippen LogP contribution in [0, 0.1) is 5.92 Å². The molecule has 0 N–H and O–H groups in total. The first-order valence-corrected chi connectivity index (χ1v) is 16.9. The van der Waals surface area contributed by atoms with Gasteiger partial charge in [0.25, 0.3) is 11.8 Å². The van der Waals surface area contributed by atoms with E-state index in [9.17, 15) is 19.2 Å². The average Bonchev–Trinajstić information content (AvgIpc) is 3.35. The van der Waals surface area contributed by atoms with Gasteiger partial charge in [0.15, 0.2) is 0 Å². The quantitative estimate of drug-likeness (QED) is 0.416. The van der Waals surface area contributed by atoms with Crippen molar-refractivity contribution in [3.63, 3.8) is 0 Å². The fourth-order valence-electron chi connectivity index (χ4n) is 7.84. The number of likely N-dealkylation sites (tertiary alicyclic amines) is 2. The second-order valence-corrected chi connectivity index (χ2v) is 13.1. The highest BCUT2D eigenvalue weighted by atomic mass is 16.5. The van der Waals surface area contributed by atoms with Crippen molar-refractivity contribution in [1.29, 1.82) is 0 Å². The van der Waals surface area contributed by atoms with Gasteiger partial charge in [-0.25, -0.2) is 0 Å². The van der Waals surface area contributed by atoms with E-state index in [1.54, 1.807) is 16.7 Å². The van der Waals surface area contributed by atoms with E-state index in [-0.39, 0.29) is 36.2 Å². The van der Waals surface area contributed by atoms with Crippen LogP contribution in [0.4, 0.5) is 5.69 Å². The maximum absolute atomic E-state index is 14.2. The summed E-state index contributed by atoms with van der Waals surface area (Å²) >= 11 is 0. The van der Waals surface area contributed by atoms with E-state index in [1.165, 1.54) is 37.7 Å². The molecule has 1 saturated carbocycles. The summed E-state index contributed by atoms with van der Waals surface area (Å²) in [5.74, 6) is -0.199. The maximum Gasteiger partial charge on any atom is 0.310 e. The largest absolute Gasteiger partial charge is 0.466 e. The number of rotatable bonds is 7. The number of benzene rings is 2. The van der Waals surface area contributed by atoms with E-state index in [1.807, 2.05) is 47.4 Å². The molecule has 1 atom stereocenters. The number of carbonyl (C=O) groups excluding carboxylic acids is 4. The molecule has 45 heavy (non-hydrogen) atoms. The molecule has 9 nitrogen and oxygen atoms in total. The predicted octanol–water partition coefficient (Wildman–Crippen LogP) is 4.82. The number of nitrogens with zero attached hydrogens (tertiary/aromatic N) is 4. The molecule has 3 aliphatic heterocycles. The fraction of sp³-hybridized carbons (Fsp3) is 0.556. The van der Waals surface area contributed by atoms with Gasteiger partial charge in [0.05, 0.1) is 19.2 Å². The normalized spacial score (nSPS) is 22.2.